The van der Waals surface area contributed by atoms with E-state index in [1.165, 1.54) is 56.1 Å². The lowest BCUT2D eigenvalue weighted by Crippen LogP contribution is -2.04. The summed E-state index contributed by atoms with van der Waals surface area (Å²) in [5, 5.41) is 0. The molecule has 20 heavy (non-hydrogen) atoms. The average Bonchev–Trinajstić information content (AvgIpc) is 2.90. The lowest BCUT2D eigenvalue weighted by Gasteiger charge is -2.22. The zero-order valence-electron chi connectivity index (χ0n) is 12.7. The van der Waals surface area contributed by atoms with Crippen LogP contribution in [0.3, 0.4) is 0 Å². The van der Waals surface area contributed by atoms with Crippen molar-refractivity contribution in [3.05, 3.63) is 53.1 Å². The Morgan fingerprint density at radius 1 is 1.05 bits per heavy atom. The van der Waals surface area contributed by atoms with Crippen molar-refractivity contribution >= 4 is 5.57 Å². The molecule has 0 bridgehead atoms. The van der Waals surface area contributed by atoms with Gasteiger partial charge in [-0.3, -0.25) is 0 Å². The number of rotatable bonds is 7. The molecular weight excluding hydrogens is 240 g/mol. The number of hydrogen-bond acceptors (Lipinski definition) is 0. The minimum Gasteiger partial charge on any atom is -0.0764 e. The first kappa shape index (κ1) is 13.7. The van der Waals surface area contributed by atoms with E-state index < -0.39 is 0 Å². The van der Waals surface area contributed by atoms with Crippen LogP contribution in [0.2, 0.25) is 0 Å². The highest BCUT2D eigenvalue weighted by atomic mass is 14.3. The van der Waals surface area contributed by atoms with Crippen molar-refractivity contribution in [2.45, 2.75) is 64.2 Å². The zero-order valence-corrected chi connectivity index (χ0v) is 12.7. The van der Waals surface area contributed by atoms with Gasteiger partial charge in [-0.1, -0.05) is 81.9 Å². The number of allylic oxidation sites excluding steroid dienone is 4. The summed E-state index contributed by atoms with van der Waals surface area (Å²) in [5.41, 5.74) is 6.15. The largest absolute Gasteiger partial charge is 0.0764 e. The fourth-order valence-electron chi connectivity index (χ4n) is 3.64. The van der Waals surface area contributed by atoms with E-state index in [2.05, 4.69) is 43.4 Å². The van der Waals surface area contributed by atoms with E-state index in [1.807, 2.05) is 0 Å². The van der Waals surface area contributed by atoms with Gasteiger partial charge in [-0.25, -0.2) is 0 Å². The monoisotopic (exact) mass is 266 g/mol. The van der Waals surface area contributed by atoms with E-state index in [0.29, 0.717) is 5.92 Å². The van der Waals surface area contributed by atoms with Gasteiger partial charge in [0.2, 0.25) is 0 Å². The van der Waals surface area contributed by atoms with Crippen molar-refractivity contribution < 1.29 is 0 Å². The van der Waals surface area contributed by atoms with Gasteiger partial charge >= 0.3 is 0 Å². The molecule has 0 saturated heterocycles. The van der Waals surface area contributed by atoms with Crippen molar-refractivity contribution in [2.75, 3.05) is 0 Å². The van der Waals surface area contributed by atoms with Gasteiger partial charge in [-0.05, 0) is 35.1 Å². The maximum absolute atomic E-state index is 2.44. The average molecular weight is 266 g/mol. The van der Waals surface area contributed by atoms with Crippen LogP contribution in [0, 0.1) is 0 Å². The van der Waals surface area contributed by atoms with Crippen molar-refractivity contribution in [3.8, 4) is 0 Å². The fraction of sp³-hybridized carbons (Fsp3) is 0.500. The van der Waals surface area contributed by atoms with Crippen molar-refractivity contribution in [3.63, 3.8) is 0 Å². The second-order valence-electron chi connectivity index (χ2n) is 6.27. The first-order chi connectivity index (χ1) is 9.90. The molecule has 1 unspecified atom stereocenters. The van der Waals surface area contributed by atoms with E-state index in [4.69, 9.17) is 0 Å². The van der Waals surface area contributed by atoms with Crippen LogP contribution in [0.5, 0.6) is 0 Å². The van der Waals surface area contributed by atoms with Crippen LogP contribution in [0.25, 0.3) is 5.57 Å². The Bertz CT molecular complexity index is 519. The molecule has 1 aromatic carbocycles. The van der Waals surface area contributed by atoms with Gasteiger partial charge in [-0.2, -0.15) is 0 Å². The molecule has 0 aliphatic heterocycles. The summed E-state index contributed by atoms with van der Waals surface area (Å²) in [6, 6.07) is 6.89. The minimum absolute atomic E-state index is 0.659. The second-order valence-corrected chi connectivity index (χ2v) is 6.27. The highest BCUT2D eigenvalue weighted by Crippen LogP contribution is 2.41. The SMILES string of the molecule is CCCCCCCCC1C=CC2=CCc3cccc1c32. The molecule has 3 rings (SSSR count). The van der Waals surface area contributed by atoms with Gasteiger partial charge in [0, 0.05) is 5.92 Å². The number of hydrogen-bond donors (Lipinski definition) is 0. The van der Waals surface area contributed by atoms with E-state index in [9.17, 15) is 0 Å². The molecule has 0 amide bonds. The Morgan fingerprint density at radius 3 is 2.80 bits per heavy atom. The van der Waals surface area contributed by atoms with Gasteiger partial charge in [0.05, 0.1) is 0 Å². The summed E-state index contributed by atoms with van der Waals surface area (Å²) in [6.07, 6.45) is 18.0. The topological polar surface area (TPSA) is 0 Å². The minimum atomic E-state index is 0.659. The molecule has 0 N–H and O–H groups in total. The Hall–Kier alpha value is -1.30. The van der Waals surface area contributed by atoms with Crippen LogP contribution in [0.4, 0.5) is 0 Å². The molecule has 0 saturated carbocycles. The second kappa shape index (κ2) is 6.43. The van der Waals surface area contributed by atoms with Crippen LogP contribution in [0.15, 0.2) is 36.4 Å². The molecule has 0 nitrogen and oxygen atoms in total. The van der Waals surface area contributed by atoms with Crippen LogP contribution in [0.1, 0.15) is 74.5 Å². The Kier molecular flexibility index (Phi) is 4.40. The smallest absolute Gasteiger partial charge is 0.00275 e. The van der Waals surface area contributed by atoms with Crippen LogP contribution < -0.4 is 0 Å². The summed E-state index contributed by atoms with van der Waals surface area (Å²) < 4.78 is 0. The summed E-state index contributed by atoms with van der Waals surface area (Å²) in [6.45, 7) is 2.29. The molecule has 106 valence electrons. The lowest BCUT2D eigenvalue weighted by atomic mass is 9.82. The summed E-state index contributed by atoms with van der Waals surface area (Å²) in [4.78, 5) is 0. The summed E-state index contributed by atoms with van der Waals surface area (Å²) >= 11 is 0. The highest BCUT2D eigenvalue weighted by Gasteiger charge is 2.23. The normalized spacial score (nSPS) is 19.1. The standard InChI is InChI=1S/C20H26/c1-2-3-4-5-6-7-9-16-12-13-18-15-14-17-10-8-11-19(16)20(17)18/h8,10-13,15-16H,2-7,9,14H2,1H3. The van der Waals surface area contributed by atoms with Crippen molar-refractivity contribution in [1.29, 1.82) is 0 Å². The van der Waals surface area contributed by atoms with Gasteiger partial charge < -0.3 is 0 Å². The van der Waals surface area contributed by atoms with Crippen LogP contribution in [-0.4, -0.2) is 0 Å². The van der Waals surface area contributed by atoms with Crippen molar-refractivity contribution in [2.24, 2.45) is 0 Å². The maximum atomic E-state index is 2.44. The van der Waals surface area contributed by atoms with Gasteiger partial charge in [0.1, 0.15) is 0 Å². The van der Waals surface area contributed by atoms with E-state index in [1.54, 1.807) is 11.1 Å². The molecular formula is C20H26. The zero-order chi connectivity index (χ0) is 13.8. The maximum Gasteiger partial charge on any atom is 0.00275 e. The first-order valence-corrected chi connectivity index (χ1v) is 8.40. The van der Waals surface area contributed by atoms with Gasteiger partial charge in [0.15, 0.2) is 0 Å². The Balaban J connectivity index is 1.58. The first-order valence-electron chi connectivity index (χ1n) is 8.40. The molecule has 1 atom stereocenters. The lowest BCUT2D eigenvalue weighted by molar-refractivity contribution is 0.572. The van der Waals surface area contributed by atoms with Gasteiger partial charge in [0.25, 0.3) is 0 Å². The van der Waals surface area contributed by atoms with Crippen LogP contribution >= 0.6 is 0 Å². The molecule has 1 aromatic rings. The summed E-state index contributed by atoms with van der Waals surface area (Å²) in [5.74, 6) is 0.659. The predicted octanol–water partition coefficient (Wildman–Crippen LogP) is 6.03. The van der Waals surface area contributed by atoms with E-state index >= 15 is 0 Å². The summed E-state index contributed by atoms with van der Waals surface area (Å²) in [7, 11) is 0. The Morgan fingerprint density at radius 2 is 1.90 bits per heavy atom. The molecule has 0 fully saturated rings. The van der Waals surface area contributed by atoms with Crippen molar-refractivity contribution in [1.82, 2.24) is 0 Å². The molecule has 0 heteroatoms. The third-order valence-electron chi connectivity index (χ3n) is 4.79. The molecule has 0 radical (unpaired) electrons. The quantitative estimate of drug-likeness (QED) is 0.528. The van der Waals surface area contributed by atoms with Gasteiger partial charge in [-0.15, -0.1) is 0 Å². The third-order valence-corrected chi connectivity index (χ3v) is 4.79. The van der Waals surface area contributed by atoms with E-state index in [0.717, 1.165) is 6.42 Å². The Labute approximate surface area is 123 Å². The highest BCUT2D eigenvalue weighted by molar-refractivity contribution is 5.84. The number of benzene rings is 1. The van der Waals surface area contributed by atoms with Crippen LogP contribution in [-0.2, 0) is 6.42 Å². The molecule has 2 aliphatic carbocycles. The van der Waals surface area contributed by atoms with E-state index in [-0.39, 0.29) is 0 Å². The molecule has 2 aliphatic rings. The molecule has 0 aromatic heterocycles. The number of unbranched alkanes of at least 4 members (excludes halogenated alkanes) is 5. The fourth-order valence-corrected chi connectivity index (χ4v) is 3.64. The molecule has 0 spiro atoms. The third kappa shape index (κ3) is 2.75. The predicted molar refractivity (Wildman–Crippen MR) is 88.0 cm³/mol. The molecule has 0 heterocycles.